The maximum atomic E-state index is 13.2. The minimum Gasteiger partial charge on any atom is -0.465 e. The highest BCUT2D eigenvalue weighted by molar-refractivity contribution is 6.30. The lowest BCUT2D eigenvalue weighted by Gasteiger charge is -2.25. The van der Waals surface area contributed by atoms with E-state index < -0.39 is 12.0 Å². The second kappa shape index (κ2) is 9.71. The maximum absolute atomic E-state index is 13.2. The maximum Gasteiger partial charge on any atom is 0.325 e. The Bertz CT molecular complexity index is 1220. The molecule has 4 aromatic carbocycles. The number of carbonyl (C=O) groups excluding carboxylic acids is 2. The summed E-state index contributed by atoms with van der Waals surface area (Å²) < 4.78 is 4.94. The minimum absolute atomic E-state index is 0.201. The molecule has 5 nitrogen and oxygen atoms in total. The zero-order valence-electron chi connectivity index (χ0n) is 17.7. The number of fused-ring (bicyclic) bond motifs is 2. The molecule has 0 aromatic heterocycles. The van der Waals surface area contributed by atoms with Gasteiger partial charge < -0.3 is 10.1 Å². The summed E-state index contributed by atoms with van der Waals surface area (Å²) in [4.78, 5) is 26.6. The molecular formula is C26H23ClN2O3. The van der Waals surface area contributed by atoms with E-state index in [1.54, 1.807) is 36.1 Å². The van der Waals surface area contributed by atoms with E-state index in [1.807, 2.05) is 24.3 Å². The second-order valence-corrected chi connectivity index (χ2v) is 7.76. The molecule has 0 fully saturated rings. The van der Waals surface area contributed by atoms with Crippen LogP contribution in [0, 0.1) is 0 Å². The van der Waals surface area contributed by atoms with Gasteiger partial charge in [-0.3, -0.25) is 9.69 Å². The van der Waals surface area contributed by atoms with Crippen molar-refractivity contribution in [1.29, 1.82) is 0 Å². The lowest BCUT2D eigenvalue weighted by Crippen LogP contribution is -2.42. The molecule has 0 saturated carbocycles. The Labute approximate surface area is 191 Å². The minimum atomic E-state index is -0.479. The fraction of sp³-hybridized carbons (Fsp3) is 0.154. The van der Waals surface area contributed by atoms with E-state index in [4.69, 9.17) is 16.3 Å². The monoisotopic (exact) mass is 446 g/mol. The third kappa shape index (κ3) is 4.68. The van der Waals surface area contributed by atoms with Gasteiger partial charge in [0.2, 0.25) is 0 Å². The van der Waals surface area contributed by atoms with Crippen LogP contribution in [0.1, 0.15) is 12.5 Å². The number of rotatable bonds is 6. The van der Waals surface area contributed by atoms with Gasteiger partial charge in [0.05, 0.1) is 13.2 Å². The van der Waals surface area contributed by atoms with Gasteiger partial charge in [-0.2, -0.15) is 0 Å². The van der Waals surface area contributed by atoms with Gasteiger partial charge in [0.1, 0.15) is 6.54 Å². The van der Waals surface area contributed by atoms with Crippen molar-refractivity contribution in [2.24, 2.45) is 0 Å². The van der Waals surface area contributed by atoms with E-state index >= 15 is 0 Å². The summed E-state index contributed by atoms with van der Waals surface area (Å²) in [6.07, 6.45) is 0. The Morgan fingerprint density at radius 2 is 1.50 bits per heavy atom. The Kier molecular flexibility index (Phi) is 6.57. The van der Waals surface area contributed by atoms with Gasteiger partial charge in [-0.1, -0.05) is 60.1 Å². The highest BCUT2D eigenvalue weighted by atomic mass is 35.5. The van der Waals surface area contributed by atoms with Crippen molar-refractivity contribution >= 4 is 50.8 Å². The fourth-order valence-electron chi connectivity index (χ4n) is 3.79. The van der Waals surface area contributed by atoms with Crippen LogP contribution >= 0.6 is 11.6 Å². The number of halogens is 1. The number of esters is 1. The standard InChI is InChI=1S/C26H23ClN2O3/c1-2-32-25(30)16-28-26(31)29(21-13-11-20(27)12-14-21)17-24-22-9-5-3-7-18(22)15-19-8-4-6-10-23(19)24/h3-15H,2,16-17H2,1H3,(H,28,31). The van der Waals surface area contributed by atoms with Gasteiger partial charge in [0.25, 0.3) is 0 Å². The Morgan fingerprint density at radius 3 is 2.09 bits per heavy atom. The molecule has 1 N–H and O–H groups in total. The summed E-state index contributed by atoms with van der Waals surface area (Å²) in [7, 11) is 0. The van der Waals surface area contributed by atoms with Gasteiger partial charge in [0, 0.05) is 10.7 Å². The average molecular weight is 447 g/mol. The predicted octanol–water partition coefficient (Wildman–Crippen LogP) is 5.93. The quantitative estimate of drug-likeness (QED) is 0.295. The second-order valence-electron chi connectivity index (χ2n) is 7.32. The number of hydrogen-bond donors (Lipinski definition) is 1. The first-order chi connectivity index (χ1) is 15.6. The van der Waals surface area contributed by atoms with E-state index in [9.17, 15) is 9.59 Å². The van der Waals surface area contributed by atoms with Crippen LogP contribution in [-0.4, -0.2) is 25.2 Å². The van der Waals surface area contributed by atoms with Crippen LogP contribution in [0.2, 0.25) is 5.02 Å². The molecule has 0 bridgehead atoms. The zero-order valence-corrected chi connectivity index (χ0v) is 18.4. The summed E-state index contributed by atoms with van der Waals surface area (Å²) in [5.41, 5.74) is 1.70. The number of anilines is 1. The van der Waals surface area contributed by atoms with Crippen LogP contribution in [0.15, 0.2) is 78.9 Å². The topological polar surface area (TPSA) is 58.6 Å². The van der Waals surface area contributed by atoms with Gasteiger partial charge in [-0.15, -0.1) is 0 Å². The molecule has 0 aliphatic rings. The molecule has 2 amide bonds. The van der Waals surface area contributed by atoms with Crippen LogP contribution < -0.4 is 10.2 Å². The first-order valence-electron chi connectivity index (χ1n) is 10.4. The number of nitrogens with one attached hydrogen (secondary N) is 1. The van der Waals surface area contributed by atoms with Gasteiger partial charge >= 0.3 is 12.0 Å². The number of ether oxygens (including phenoxy) is 1. The SMILES string of the molecule is CCOC(=O)CNC(=O)N(Cc1c2ccccc2cc2ccccc12)c1ccc(Cl)cc1. The van der Waals surface area contributed by atoms with E-state index in [1.165, 1.54) is 0 Å². The van der Waals surface area contributed by atoms with Gasteiger partial charge in [-0.25, -0.2) is 4.79 Å². The van der Waals surface area contributed by atoms with Crippen LogP contribution in [-0.2, 0) is 16.1 Å². The Balaban J connectivity index is 1.76. The molecule has 6 heteroatoms. The predicted molar refractivity (Wildman–Crippen MR) is 129 cm³/mol. The summed E-state index contributed by atoms with van der Waals surface area (Å²) in [6.45, 7) is 2.11. The van der Waals surface area contributed by atoms with E-state index in [0.29, 0.717) is 17.3 Å². The molecule has 0 unspecified atom stereocenters. The van der Waals surface area contributed by atoms with E-state index in [0.717, 1.165) is 27.1 Å². The van der Waals surface area contributed by atoms with Crippen molar-refractivity contribution in [1.82, 2.24) is 5.32 Å². The molecule has 4 aromatic rings. The van der Waals surface area contributed by atoms with Crippen LogP contribution in [0.3, 0.4) is 0 Å². The molecule has 0 aliphatic carbocycles. The molecule has 0 aliphatic heterocycles. The third-order valence-electron chi connectivity index (χ3n) is 5.27. The van der Waals surface area contributed by atoms with Crippen molar-refractivity contribution in [3.63, 3.8) is 0 Å². The summed E-state index contributed by atoms with van der Waals surface area (Å²) in [5, 5.41) is 7.60. The van der Waals surface area contributed by atoms with Crippen LogP contribution in [0.25, 0.3) is 21.5 Å². The molecule has 4 rings (SSSR count). The number of nitrogens with zero attached hydrogens (tertiary/aromatic N) is 1. The Morgan fingerprint density at radius 1 is 0.906 bits per heavy atom. The lowest BCUT2D eigenvalue weighted by atomic mass is 9.96. The van der Waals surface area contributed by atoms with Gasteiger partial charge in [-0.05, 0) is 64.4 Å². The molecule has 32 heavy (non-hydrogen) atoms. The molecule has 0 spiro atoms. The molecule has 0 radical (unpaired) electrons. The summed E-state index contributed by atoms with van der Waals surface area (Å²) in [5.74, 6) is -0.479. The van der Waals surface area contributed by atoms with Crippen molar-refractivity contribution in [3.8, 4) is 0 Å². The van der Waals surface area contributed by atoms with Crippen molar-refractivity contribution < 1.29 is 14.3 Å². The molecule has 162 valence electrons. The van der Waals surface area contributed by atoms with Crippen molar-refractivity contribution in [3.05, 3.63) is 89.4 Å². The smallest absolute Gasteiger partial charge is 0.325 e. The van der Waals surface area contributed by atoms with Crippen molar-refractivity contribution in [2.45, 2.75) is 13.5 Å². The number of benzene rings is 4. The van der Waals surface area contributed by atoms with Crippen molar-refractivity contribution in [2.75, 3.05) is 18.1 Å². The molecule has 0 saturated heterocycles. The normalized spacial score (nSPS) is 10.8. The fourth-order valence-corrected chi connectivity index (χ4v) is 3.92. The number of carbonyl (C=O) groups is 2. The first-order valence-corrected chi connectivity index (χ1v) is 10.8. The first kappa shape index (κ1) is 21.7. The van der Waals surface area contributed by atoms with Crippen LogP contribution in [0.5, 0.6) is 0 Å². The van der Waals surface area contributed by atoms with Gasteiger partial charge in [0.15, 0.2) is 0 Å². The molecule has 0 atom stereocenters. The number of urea groups is 1. The molecular weight excluding hydrogens is 424 g/mol. The van der Waals surface area contributed by atoms with E-state index in [2.05, 4.69) is 35.6 Å². The highest BCUT2D eigenvalue weighted by Gasteiger charge is 2.20. The lowest BCUT2D eigenvalue weighted by molar-refractivity contribution is -0.141. The number of hydrogen-bond acceptors (Lipinski definition) is 3. The summed E-state index contributed by atoms with van der Waals surface area (Å²) >= 11 is 6.07. The zero-order chi connectivity index (χ0) is 22.5. The average Bonchev–Trinajstić information content (AvgIpc) is 2.81. The van der Waals surface area contributed by atoms with Crippen LogP contribution in [0.4, 0.5) is 10.5 Å². The molecule has 0 heterocycles. The number of amides is 2. The summed E-state index contributed by atoms with van der Waals surface area (Å²) in [6, 6.07) is 25.1. The highest BCUT2D eigenvalue weighted by Crippen LogP contribution is 2.31. The third-order valence-corrected chi connectivity index (χ3v) is 5.52. The van der Waals surface area contributed by atoms with E-state index in [-0.39, 0.29) is 13.2 Å². The Hall–Kier alpha value is -3.57. The largest absolute Gasteiger partial charge is 0.465 e.